The molecule has 1 amide bonds. The van der Waals surface area contributed by atoms with Crippen LogP contribution in [0.5, 0.6) is 5.88 Å². The van der Waals surface area contributed by atoms with E-state index in [-0.39, 0.29) is 12.0 Å². The van der Waals surface area contributed by atoms with E-state index < -0.39 is 9.84 Å². The van der Waals surface area contributed by atoms with Crippen molar-refractivity contribution >= 4 is 26.6 Å². The number of fused-ring (bicyclic) bond motifs is 1. The summed E-state index contributed by atoms with van der Waals surface area (Å²) in [6.45, 7) is 3.98. The standard InChI is InChI=1S/C25H30N4O4S/c1-34(31,32)21-7-8-22-19(17-21)9-16-29(22)23-5-4-6-24(26-23)33-20-10-14-27(15-11-20)18-25(30)28-12-2-3-13-28/h4-9,16-17,20H,2-3,10-15,18H2,1H3. The third kappa shape index (κ3) is 4.95. The molecule has 2 fully saturated rings. The van der Waals surface area contributed by atoms with Crippen molar-refractivity contribution in [1.82, 2.24) is 19.4 Å². The van der Waals surface area contributed by atoms with Gasteiger partial charge in [-0.1, -0.05) is 6.07 Å². The molecule has 0 radical (unpaired) electrons. The van der Waals surface area contributed by atoms with Crippen LogP contribution < -0.4 is 4.74 Å². The Bertz CT molecular complexity index is 1290. The lowest BCUT2D eigenvalue weighted by Crippen LogP contribution is -2.44. The molecule has 5 rings (SSSR count). The Balaban J connectivity index is 1.23. The Morgan fingerprint density at radius 2 is 1.82 bits per heavy atom. The van der Waals surface area contributed by atoms with Crippen molar-refractivity contribution in [3.05, 3.63) is 48.7 Å². The molecule has 3 aromatic rings. The van der Waals surface area contributed by atoms with Gasteiger partial charge in [-0.25, -0.2) is 8.42 Å². The fourth-order valence-corrected chi connectivity index (χ4v) is 5.42. The number of piperidine rings is 1. The number of carbonyl (C=O) groups excluding carboxylic acids is 1. The van der Waals surface area contributed by atoms with Gasteiger partial charge in [0.05, 0.1) is 17.0 Å². The molecule has 0 unspecified atom stereocenters. The van der Waals surface area contributed by atoms with Gasteiger partial charge in [-0.2, -0.15) is 4.98 Å². The van der Waals surface area contributed by atoms with Gasteiger partial charge < -0.3 is 14.2 Å². The molecule has 34 heavy (non-hydrogen) atoms. The highest BCUT2D eigenvalue weighted by Crippen LogP contribution is 2.25. The fraction of sp³-hybridized carbons (Fsp3) is 0.440. The van der Waals surface area contributed by atoms with Gasteiger partial charge in [0.1, 0.15) is 11.9 Å². The van der Waals surface area contributed by atoms with Crippen LogP contribution in [0.2, 0.25) is 0 Å². The summed E-state index contributed by atoms with van der Waals surface area (Å²) in [6, 6.07) is 12.7. The van der Waals surface area contributed by atoms with Crippen LogP contribution >= 0.6 is 0 Å². The number of aromatic nitrogens is 2. The molecule has 9 heteroatoms. The predicted molar refractivity (Wildman–Crippen MR) is 130 cm³/mol. The third-order valence-corrected chi connectivity index (χ3v) is 7.80. The first-order valence-corrected chi connectivity index (χ1v) is 13.7. The van der Waals surface area contributed by atoms with Gasteiger partial charge in [0.25, 0.3) is 0 Å². The maximum Gasteiger partial charge on any atom is 0.236 e. The number of hydrogen-bond donors (Lipinski definition) is 0. The normalized spacial score (nSPS) is 18.0. The first-order valence-electron chi connectivity index (χ1n) is 11.8. The van der Waals surface area contributed by atoms with Crippen LogP contribution in [0.3, 0.4) is 0 Å². The van der Waals surface area contributed by atoms with Crippen LogP contribution in [0.15, 0.2) is 53.6 Å². The number of hydrogen-bond acceptors (Lipinski definition) is 6. The van der Waals surface area contributed by atoms with E-state index in [2.05, 4.69) is 4.90 Å². The molecule has 0 saturated carbocycles. The molecule has 0 spiro atoms. The van der Waals surface area contributed by atoms with Crippen molar-refractivity contribution in [3.8, 4) is 11.7 Å². The van der Waals surface area contributed by atoms with Gasteiger partial charge in [0, 0.05) is 50.1 Å². The zero-order valence-electron chi connectivity index (χ0n) is 19.4. The van der Waals surface area contributed by atoms with E-state index in [1.165, 1.54) is 6.26 Å². The minimum Gasteiger partial charge on any atom is -0.474 e. The number of sulfone groups is 1. The van der Waals surface area contributed by atoms with Crippen molar-refractivity contribution in [3.63, 3.8) is 0 Å². The number of carbonyl (C=O) groups is 1. The highest BCUT2D eigenvalue weighted by atomic mass is 32.2. The summed E-state index contributed by atoms with van der Waals surface area (Å²) in [5.41, 5.74) is 0.882. The van der Waals surface area contributed by atoms with Crippen LogP contribution in [-0.4, -0.2) is 78.8 Å². The quantitative estimate of drug-likeness (QED) is 0.537. The van der Waals surface area contributed by atoms with Gasteiger partial charge in [0.15, 0.2) is 9.84 Å². The van der Waals surface area contributed by atoms with Crippen molar-refractivity contribution < 1.29 is 17.9 Å². The zero-order valence-corrected chi connectivity index (χ0v) is 20.2. The summed E-state index contributed by atoms with van der Waals surface area (Å²) in [6.07, 6.45) is 7.13. The number of likely N-dealkylation sites (tertiary alicyclic amines) is 2. The van der Waals surface area contributed by atoms with Crippen molar-refractivity contribution in [1.29, 1.82) is 0 Å². The zero-order chi connectivity index (χ0) is 23.7. The maximum absolute atomic E-state index is 12.4. The van der Waals surface area contributed by atoms with E-state index in [0.29, 0.717) is 23.1 Å². The summed E-state index contributed by atoms with van der Waals surface area (Å²) in [4.78, 5) is 21.6. The summed E-state index contributed by atoms with van der Waals surface area (Å²) < 4.78 is 31.9. The van der Waals surface area contributed by atoms with Gasteiger partial charge in [-0.15, -0.1) is 0 Å². The highest BCUT2D eigenvalue weighted by Gasteiger charge is 2.25. The van der Waals surface area contributed by atoms with Gasteiger partial charge >= 0.3 is 0 Å². The minimum atomic E-state index is -3.26. The SMILES string of the molecule is CS(=O)(=O)c1ccc2c(ccn2-c2cccc(OC3CCN(CC(=O)N4CCCC4)CC3)n2)c1. The molecule has 1 aromatic carbocycles. The average molecular weight is 483 g/mol. The maximum atomic E-state index is 12.4. The molecule has 0 bridgehead atoms. The molecular weight excluding hydrogens is 452 g/mol. The Morgan fingerprint density at radius 3 is 2.56 bits per heavy atom. The van der Waals surface area contributed by atoms with Crippen molar-refractivity contribution in [2.45, 2.75) is 36.7 Å². The van der Waals surface area contributed by atoms with Gasteiger partial charge in [-0.3, -0.25) is 9.69 Å². The Hall–Kier alpha value is -2.91. The van der Waals surface area contributed by atoms with Crippen molar-refractivity contribution in [2.75, 3.05) is 39.0 Å². The second-order valence-electron chi connectivity index (χ2n) is 9.19. The average Bonchev–Trinajstić information content (AvgIpc) is 3.50. The van der Waals surface area contributed by atoms with Crippen LogP contribution in [0.25, 0.3) is 16.7 Å². The summed E-state index contributed by atoms with van der Waals surface area (Å²) in [5.74, 6) is 1.53. The van der Waals surface area contributed by atoms with Crippen LogP contribution in [0, 0.1) is 0 Å². The monoisotopic (exact) mass is 482 g/mol. The number of benzene rings is 1. The minimum absolute atomic E-state index is 0.0691. The predicted octanol–water partition coefficient (Wildman–Crippen LogP) is 2.89. The lowest BCUT2D eigenvalue weighted by molar-refractivity contribution is -0.131. The number of pyridine rings is 1. The molecule has 0 N–H and O–H groups in total. The van der Waals surface area contributed by atoms with Crippen LogP contribution in [-0.2, 0) is 14.6 Å². The third-order valence-electron chi connectivity index (χ3n) is 6.69. The van der Waals surface area contributed by atoms with E-state index in [1.54, 1.807) is 18.2 Å². The molecule has 2 aromatic heterocycles. The topological polar surface area (TPSA) is 84.7 Å². The summed E-state index contributed by atoms with van der Waals surface area (Å²) in [5, 5.41) is 0.840. The molecule has 0 atom stereocenters. The first-order chi connectivity index (χ1) is 16.4. The molecule has 2 aliphatic rings. The highest BCUT2D eigenvalue weighted by molar-refractivity contribution is 7.90. The molecule has 180 valence electrons. The number of amides is 1. The smallest absolute Gasteiger partial charge is 0.236 e. The number of ether oxygens (including phenoxy) is 1. The first kappa shape index (κ1) is 22.9. The molecule has 2 aliphatic heterocycles. The van der Waals surface area contributed by atoms with E-state index in [9.17, 15) is 13.2 Å². The molecule has 0 aliphatic carbocycles. The van der Waals surface area contributed by atoms with E-state index in [4.69, 9.17) is 9.72 Å². The largest absolute Gasteiger partial charge is 0.474 e. The Kier molecular flexibility index (Phi) is 6.31. The van der Waals surface area contributed by atoms with Crippen LogP contribution in [0.1, 0.15) is 25.7 Å². The summed E-state index contributed by atoms with van der Waals surface area (Å²) in [7, 11) is -3.26. The molecule has 8 nitrogen and oxygen atoms in total. The van der Waals surface area contributed by atoms with E-state index in [0.717, 1.165) is 62.8 Å². The van der Waals surface area contributed by atoms with Gasteiger partial charge in [-0.05, 0) is 56.0 Å². The molecule has 4 heterocycles. The lowest BCUT2D eigenvalue weighted by atomic mass is 10.1. The number of nitrogens with zero attached hydrogens (tertiary/aromatic N) is 4. The fourth-order valence-electron chi connectivity index (χ4n) is 4.77. The molecule has 2 saturated heterocycles. The number of rotatable bonds is 6. The van der Waals surface area contributed by atoms with Crippen LogP contribution in [0.4, 0.5) is 0 Å². The Labute approximate surface area is 200 Å². The lowest BCUT2D eigenvalue weighted by Gasteiger charge is -2.32. The van der Waals surface area contributed by atoms with E-state index in [1.807, 2.05) is 39.9 Å². The molecular formula is C25H30N4O4S. The van der Waals surface area contributed by atoms with E-state index >= 15 is 0 Å². The Morgan fingerprint density at radius 1 is 1.06 bits per heavy atom. The second kappa shape index (κ2) is 9.38. The van der Waals surface area contributed by atoms with Crippen molar-refractivity contribution in [2.24, 2.45) is 0 Å². The summed E-state index contributed by atoms with van der Waals surface area (Å²) >= 11 is 0. The van der Waals surface area contributed by atoms with Gasteiger partial charge in [0.2, 0.25) is 11.8 Å². The second-order valence-corrected chi connectivity index (χ2v) is 11.2.